The molecule has 1 aromatic heterocycles. The van der Waals surface area contributed by atoms with E-state index >= 15 is 8.78 Å². The van der Waals surface area contributed by atoms with Crippen molar-refractivity contribution in [3.05, 3.63) is 58.8 Å². The number of ether oxygens (including phenoxy) is 2. The predicted octanol–water partition coefficient (Wildman–Crippen LogP) is 1.51. The molecule has 2 unspecified atom stereocenters. The van der Waals surface area contributed by atoms with Crippen LogP contribution in [0.4, 0.5) is 8.78 Å². The smallest absolute Gasteiger partial charge is 0.462 e. The normalized spacial score (nSPS) is 22.1. The number of hydrogen-bond acceptors (Lipinski definition) is 12. The van der Waals surface area contributed by atoms with E-state index in [4.69, 9.17) is 18.5 Å². The molecule has 1 aromatic carbocycles. The van der Waals surface area contributed by atoms with Gasteiger partial charge in [-0.3, -0.25) is 18.7 Å². The third-order valence-corrected chi connectivity index (χ3v) is 7.51. The summed E-state index contributed by atoms with van der Waals surface area (Å²) < 4.78 is 52.3. The molecule has 42 heavy (non-hydrogen) atoms. The standard InChI is InChI=1S/C26H36F2N4O9P/c1-16(2)39-23(35)17(3)30-42(37,41-20-9-7-6-8-10-20)38-15-21-22(34)26(27,28)24(40-21)32-12-11-18(29-25(32)36)13-19(33)14-31(4)5/h6-12,16-17,21-22,24,30,34,37H,13-15H2,1-5H3/q+1/t17-,21+,22+,24?,42?/m0/s1. The summed E-state index contributed by atoms with van der Waals surface area (Å²) in [7, 11) is -0.807. The number of nitrogens with zero attached hydrogens (tertiary/aromatic N) is 3. The van der Waals surface area contributed by atoms with E-state index in [1.807, 2.05) is 0 Å². The summed E-state index contributed by atoms with van der Waals surface area (Å²) in [5.41, 5.74) is -1.02. The van der Waals surface area contributed by atoms with Gasteiger partial charge in [-0.15, -0.1) is 0 Å². The number of Topliss-reactive ketones (excluding diaryl/α,β-unsaturated/α-hetero) is 1. The van der Waals surface area contributed by atoms with Crippen LogP contribution in [-0.4, -0.2) is 93.7 Å². The Balaban J connectivity index is 1.76. The van der Waals surface area contributed by atoms with Crippen molar-refractivity contribution in [2.75, 3.05) is 27.2 Å². The molecule has 13 nitrogen and oxygen atoms in total. The van der Waals surface area contributed by atoms with Crippen LogP contribution in [0.25, 0.3) is 0 Å². The van der Waals surface area contributed by atoms with Crippen molar-refractivity contribution in [2.45, 2.75) is 63.7 Å². The Morgan fingerprint density at radius 1 is 1.21 bits per heavy atom. The highest BCUT2D eigenvalue weighted by atomic mass is 31.2. The summed E-state index contributed by atoms with van der Waals surface area (Å²) in [5.74, 6) is -4.79. The topological polar surface area (TPSA) is 162 Å². The molecule has 232 valence electrons. The van der Waals surface area contributed by atoms with Gasteiger partial charge in [-0.1, -0.05) is 23.3 Å². The fourth-order valence-electron chi connectivity index (χ4n) is 3.96. The number of para-hydroxylation sites is 1. The highest BCUT2D eigenvalue weighted by Crippen LogP contribution is 2.54. The molecule has 0 aliphatic carbocycles. The van der Waals surface area contributed by atoms with Gasteiger partial charge in [-0.2, -0.15) is 23.2 Å². The lowest BCUT2D eigenvalue weighted by Crippen LogP contribution is -2.42. The van der Waals surface area contributed by atoms with E-state index in [2.05, 4.69) is 10.1 Å². The van der Waals surface area contributed by atoms with Gasteiger partial charge < -0.3 is 19.5 Å². The van der Waals surface area contributed by atoms with Crippen LogP contribution in [0.15, 0.2) is 47.4 Å². The van der Waals surface area contributed by atoms with Gasteiger partial charge in [-0.05, 0) is 53.1 Å². The Labute approximate surface area is 242 Å². The van der Waals surface area contributed by atoms with E-state index in [0.29, 0.717) is 4.57 Å². The molecule has 1 fully saturated rings. The Kier molecular flexibility index (Phi) is 11.2. The highest BCUT2D eigenvalue weighted by Gasteiger charge is 2.61. The Morgan fingerprint density at radius 3 is 2.48 bits per heavy atom. The molecular weight excluding hydrogens is 581 g/mol. The van der Waals surface area contributed by atoms with Crippen molar-refractivity contribution >= 4 is 19.8 Å². The Bertz CT molecular complexity index is 1280. The third kappa shape index (κ3) is 8.80. The molecule has 0 amide bonds. The fraction of sp³-hybridized carbons (Fsp3) is 0.538. The van der Waals surface area contributed by atoms with Gasteiger partial charge in [0, 0.05) is 6.20 Å². The van der Waals surface area contributed by atoms with Crippen molar-refractivity contribution in [1.82, 2.24) is 19.5 Å². The monoisotopic (exact) mass is 617 g/mol. The van der Waals surface area contributed by atoms with Gasteiger partial charge in [0.1, 0.15) is 18.8 Å². The number of likely N-dealkylation sites (N-methyl/N-ethyl adjacent to an activating group) is 1. The van der Waals surface area contributed by atoms with E-state index < -0.39 is 62.9 Å². The zero-order valence-electron chi connectivity index (χ0n) is 23.8. The maximum absolute atomic E-state index is 15.1. The quantitative estimate of drug-likeness (QED) is 0.207. The van der Waals surface area contributed by atoms with Gasteiger partial charge in [0.25, 0.3) is 0 Å². The molecule has 1 saturated heterocycles. The van der Waals surface area contributed by atoms with Gasteiger partial charge in [0.2, 0.25) is 6.23 Å². The molecule has 16 heteroatoms. The second-order valence-electron chi connectivity index (χ2n) is 10.3. The fourth-order valence-corrected chi connectivity index (χ4v) is 5.49. The van der Waals surface area contributed by atoms with Gasteiger partial charge >= 0.3 is 25.7 Å². The SMILES string of the molecule is CC(C)OC(=O)[C@H](C)N[P+](O)(OC[C@H]1OC(n2ccc(CC(=O)CN(C)C)nc2=O)C(F)(F)[C@@H]1O)Oc1ccccc1. The number of ketones is 1. The van der Waals surface area contributed by atoms with Gasteiger partial charge in [0.15, 0.2) is 17.6 Å². The zero-order valence-corrected chi connectivity index (χ0v) is 24.7. The second-order valence-corrected chi connectivity index (χ2v) is 12.0. The molecule has 1 aliphatic rings. The van der Waals surface area contributed by atoms with Crippen LogP contribution < -0.4 is 15.3 Å². The molecule has 0 radical (unpaired) electrons. The number of rotatable bonds is 14. The lowest BCUT2D eigenvalue weighted by atomic mass is 10.1. The summed E-state index contributed by atoms with van der Waals surface area (Å²) in [5, 5.41) is 12.9. The number of nitrogens with one attached hydrogen (secondary N) is 1. The van der Waals surface area contributed by atoms with Crippen LogP contribution in [0.5, 0.6) is 5.75 Å². The largest absolute Gasteiger partial charge is 0.544 e. The van der Waals surface area contributed by atoms with Crippen LogP contribution in [0, 0.1) is 0 Å². The number of aliphatic hydroxyl groups excluding tert-OH is 1. The molecule has 1 aliphatic heterocycles. The summed E-state index contributed by atoms with van der Waals surface area (Å²) in [4.78, 5) is 53.5. The number of alkyl halides is 2. The summed E-state index contributed by atoms with van der Waals surface area (Å²) >= 11 is 0. The number of carbonyl (C=O) groups excluding carboxylic acids is 2. The Morgan fingerprint density at radius 2 is 1.88 bits per heavy atom. The minimum Gasteiger partial charge on any atom is -0.462 e. The summed E-state index contributed by atoms with van der Waals surface area (Å²) in [6.45, 7) is 3.95. The first kappa shape index (κ1) is 33.6. The van der Waals surface area contributed by atoms with E-state index in [1.54, 1.807) is 51.0 Å². The van der Waals surface area contributed by atoms with Crippen molar-refractivity contribution in [2.24, 2.45) is 0 Å². The predicted molar refractivity (Wildman–Crippen MR) is 147 cm³/mol. The number of esters is 1. The lowest BCUT2D eigenvalue weighted by molar-refractivity contribution is -0.149. The second kappa shape index (κ2) is 14.0. The number of carbonyl (C=O) groups is 2. The molecule has 0 saturated carbocycles. The summed E-state index contributed by atoms with van der Waals surface area (Å²) in [6.07, 6.45) is -6.06. The minimum absolute atomic E-state index is 0.0916. The summed E-state index contributed by atoms with van der Waals surface area (Å²) in [6, 6.07) is 8.01. The number of halogens is 2. The molecule has 0 bridgehead atoms. The van der Waals surface area contributed by atoms with Crippen molar-refractivity contribution in [1.29, 1.82) is 0 Å². The van der Waals surface area contributed by atoms with Crippen molar-refractivity contribution < 1.29 is 46.9 Å². The van der Waals surface area contributed by atoms with E-state index in [-0.39, 0.29) is 30.2 Å². The molecule has 2 aromatic rings. The van der Waals surface area contributed by atoms with Gasteiger partial charge in [0.05, 0.1) is 24.8 Å². The third-order valence-electron chi connectivity index (χ3n) is 5.84. The minimum atomic E-state index is -4.20. The Hall–Kier alpha value is -2.91. The van der Waals surface area contributed by atoms with Crippen molar-refractivity contribution in [3.63, 3.8) is 0 Å². The van der Waals surface area contributed by atoms with E-state index in [0.717, 1.165) is 6.20 Å². The first-order chi connectivity index (χ1) is 19.6. The van der Waals surface area contributed by atoms with E-state index in [9.17, 15) is 24.4 Å². The average Bonchev–Trinajstić information content (AvgIpc) is 3.10. The van der Waals surface area contributed by atoms with Gasteiger partial charge in [-0.25, -0.2) is 4.79 Å². The maximum atomic E-state index is 15.1. The number of hydrogen-bond donors (Lipinski definition) is 3. The lowest BCUT2D eigenvalue weighted by Gasteiger charge is -2.22. The highest BCUT2D eigenvalue weighted by molar-refractivity contribution is 7.58. The maximum Gasteiger partial charge on any atom is 0.544 e. The molecule has 0 spiro atoms. The average molecular weight is 618 g/mol. The first-order valence-corrected chi connectivity index (χ1v) is 14.6. The first-order valence-electron chi connectivity index (χ1n) is 13.1. The number of benzene rings is 1. The molecule has 3 rings (SSSR count). The van der Waals surface area contributed by atoms with Crippen LogP contribution in [0.3, 0.4) is 0 Å². The number of aromatic nitrogens is 2. The van der Waals surface area contributed by atoms with Crippen molar-refractivity contribution in [3.8, 4) is 5.75 Å². The molecule has 3 N–H and O–H groups in total. The van der Waals surface area contributed by atoms with Crippen LogP contribution in [0.1, 0.15) is 32.7 Å². The van der Waals surface area contributed by atoms with E-state index in [1.165, 1.54) is 25.1 Å². The number of aliphatic hydroxyl groups is 1. The van der Waals surface area contributed by atoms with Crippen LogP contribution >= 0.6 is 8.09 Å². The molecule has 2 heterocycles. The molecular formula is C26H36F2N4O9P+. The molecule has 5 atom stereocenters. The zero-order chi connectivity index (χ0) is 31.2. The van der Waals surface area contributed by atoms with Crippen LogP contribution in [0.2, 0.25) is 0 Å². The van der Waals surface area contributed by atoms with Crippen LogP contribution in [-0.2, 0) is 30.0 Å².